The molecule has 0 spiro atoms. The SMILES string of the molecule is COc1ccc(F)cc1O[B]Oc1cc(F)ccc1OC. The highest BCUT2D eigenvalue weighted by atomic mass is 19.1. The fourth-order valence-electron chi connectivity index (χ4n) is 1.61. The number of ether oxygens (including phenoxy) is 2. The minimum Gasteiger partial charge on any atom is -0.524 e. The van der Waals surface area contributed by atoms with E-state index in [1.165, 1.54) is 38.5 Å². The van der Waals surface area contributed by atoms with Crippen LogP contribution in [0.3, 0.4) is 0 Å². The molecule has 1 radical (unpaired) electrons. The summed E-state index contributed by atoms with van der Waals surface area (Å²) in [5.41, 5.74) is 0. The Balaban J connectivity index is 2.05. The minimum atomic E-state index is -0.484. The van der Waals surface area contributed by atoms with Gasteiger partial charge in [-0.3, -0.25) is 0 Å². The maximum atomic E-state index is 13.1. The van der Waals surface area contributed by atoms with Gasteiger partial charge in [0.15, 0.2) is 11.5 Å². The molecule has 0 aliphatic rings. The summed E-state index contributed by atoms with van der Waals surface area (Å²) < 4.78 is 46.6. The Morgan fingerprint density at radius 1 is 0.714 bits per heavy atom. The van der Waals surface area contributed by atoms with Crippen LogP contribution in [0.15, 0.2) is 36.4 Å². The van der Waals surface area contributed by atoms with E-state index in [2.05, 4.69) is 0 Å². The predicted octanol–water partition coefficient (Wildman–Crippen LogP) is 2.97. The minimum absolute atomic E-state index is 0.132. The smallest absolute Gasteiger partial charge is 0.524 e. The predicted molar refractivity (Wildman–Crippen MR) is 72.9 cm³/mol. The molecule has 2 aromatic carbocycles. The van der Waals surface area contributed by atoms with Crippen LogP contribution in [0.1, 0.15) is 0 Å². The molecule has 0 heterocycles. The van der Waals surface area contributed by atoms with Gasteiger partial charge in [-0.05, 0) is 24.3 Å². The molecule has 0 amide bonds. The van der Waals surface area contributed by atoms with Gasteiger partial charge in [-0.1, -0.05) is 0 Å². The van der Waals surface area contributed by atoms with E-state index in [9.17, 15) is 8.78 Å². The molecule has 0 aliphatic carbocycles. The van der Waals surface area contributed by atoms with E-state index in [4.69, 9.17) is 18.8 Å². The van der Waals surface area contributed by atoms with E-state index in [0.717, 1.165) is 19.8 Å². The number of halogens is 2. The van der Waals surface area contributed by atoms with Crippen LogP contribution in [0.4, 0.5) is 8.78 Å². The van der Waals surface area contributed by atoms with Crippen molar-refractivity contribution in [2.24, 2.45) is 0 Å². The molecule has 0 aromatic heterocycles. The molecule has 0 fully saturated rings. The van der Waals surface area contributed by atoms with Crippen molar-refractivity contribution in [3.05, 3.63) is 48.0 Å². The van der Waals surface area contributed by atoms with E-state index in [0.29, 0.717) is 11.5 Å². The van der Waals surface area contributed by atoms with Crippen molar-refractivity contribution in [1.82, 2.24) is 0 Å². The first-order chi connectivity index (χ1) is 10.1. The summed E-state index contributed by atoms with van der Waals surface area (Å²) in [6.45, 7) is 0. The zero-order valence-electron chi connectivity index (χ0n) is 11.4. The van der Waals surface area contributed by atoms with E-state index in [1.54, 1.807) is 0 Å². The van der Waals surface area contributed by atoms with Gasteiger partial charge in [-0.15, -0.1) is 0 Å². The maximum absolute atomic E-state index is 13.1. The van der Waals surface area contributed by atoms with Gasteiger partial charge in [-0.25, -0.2) is 8.78 Å². The molecule has 109 valence electrons. The maximum Gasteiger partial charge on any atom is 0.658 e. The molecular weight excluding hydrogens is 281 g/mol. The fourth-order valence-corrected chi connectivity index (χ4v) is 1.61. The molecule has 0 aliphatic heterocycles. The summed E-state index contributed by atoms with van der Waals surface area (Å²) in [6, 6.07) is 7.59. The van der Waals surface area contributed by atoms with Crippen LogP contribution in [0.2, 0.25) is 0 Å². The molecule has 0 unspecified atom stereocenters. The van der Waals surface area contributed by atoms with E-state index < -0.39 is 11.6 Å². The molecule has 0 atom stereocenters. The summed E-state index contributed by atoms with van der Waals surface area (Å²) in [4.78, 5) is 0. The average molecular weight is 293 g/mol. The first-order valence-corrected chi connectivity index (χ1v) is 5.96. The van der Waals surface area contributed by atoms with Crippen LogP contribution in [0.25, 0.3) is 0 Å². The van der Waals surface area contributed by atoms with Crippen molar-refractivity contribution in [3.8, 4) is 23.0 Å². The van der Waals surface area contributed by atoms with Crippen molar-refractivity contribution in [3.63, 3.8) is 0 Å². The Morgan fingerprint density at radius 3 is 1.52 bits per heavy atom. The van der Waals surface area contributed by atoms with E-state index in [1.807, 2.05) is 0 Å². The zero-order valence-corrected chi connectivity index (χ0v) is 11.4. The Labute approximate surface area is 121 Å². The second-order valence-electron chi connectivity index (χ2n) is 3.92. The van der Waals surface area contributed by atoms with Crippen LogP contribution in [-0.2, 0) is 0 Å². The molecule has 2 rings (SSSR count). The molecule has 0 saturated heterocycles. The summed E-state index contributed by atoms with van der Waals surface area (Å²) in [5, 5.41) is 0. The lowest BCUT2D eigenvalue weighted by atomic mass is 10.2. The fraction of sp³-hybridized carbons (Fsp3) is 0.143. The molecule has 0 N–H and O–H groups in total. The topological polar surface area (TPSA) is 36.9 Å². The van der Waals surface area contributed by atoms with Crippen LogP contribution in [0.5, 0.6) is 23.0 Å². The third-order valence-corrected chi connectivity index (χ3v) is 2.60. The summed E-state index contributed by atoms with van der Waals surface area (Å²) >= 11 is 0. The number of hydrogen-bond donors (Lipinski definition) is 0. The van der Waals surface area contributed by atoms with Crippen LogP contribution < -0.4 is 18.8 Å². The highest BCUT2D eigenvalue weighted by Gasteiger charge is 2.11. The zero-order chi connectivity index (χ0) is 15.2. The van der Waals surface area contributed by atoms with Crippen LogP contribution in [0, 0.1) is 11.6 Å². The monoisotopic (exact) mass is 293 g/mol. The molecule has 2 aromatic rings. The lowest BCUT2D eigenvalue weighted by molar-refractivity contribution is 0.367. The Bertz CT molecular complexity index is 568. The molecule has 4 nitrogen and oxygen atoms in total. The summed E-state index contributed by atoms with van der Waals surface area (Å²) in [5.74, 6) is -0.0317. The lowest BCUT2D eigenvalue weighted by Crippen LogP contribution is -2.12. The first-order valence-electron chi connectivity index (χ1n) is 5.96. The highest BCUT2D eigenvalue weighted by molar-refractivity contribution is 6.21. The standard InChI is InChI=1S/C14H12BF2O4/c1-18-11-5-3-9(16)7-13(11)20-15-21-14-8-10(17)4-6-12(14)19-2/h3-8H,1-2H3. The molecule has 0 saturated carbocycles. The third-order valence-electron chi connectivity index (χ3n) is 2.60. The lowest BCUT2D eigenvalue weighted by Gasteiger charge is -2.12. The van der Waals surface area contributed by atoms with Crippen LogP contribution in [-0.4, -0.2) is 21.9 Å². The average Bonchev–Trinajstić information content (AvgIpc) is 2.48. The number of hydrogen-bond acceptors (Lipinski definition) is 4. The van der Waals surface area contributed by atoms with Crippen molar-refractivity contribution in [2.75, 3.05) is 14.2 Å². The van der Waals surface area contributed by atoms with Gasteiger partial charge in [0.2, 0.25) is 0 Å². The van der Waals surface area contributed by atoms with Gasteiger partial charge in [0.1, 0.15) is 23.1 Å². The normalized spacial score (nSPS) is 9.90. The van der Waals surface area contributed by atoms with Gasteiger partial charge < -0.3 is 18.8 Å². The second-order valence-corrected chi connectivity index (χ2v) is 3.92. The van der Waals surface area contributed by atoms with Crippen molar-refractivity contribution in [2.45, 2.75) is 0 Å². The van der Waals surface area contributed by atoms with Gasteiger partial charge >= 0.3 is 7.69 Å². The van der Waals surface area contributed by atoms with Gasteiger partial charge in [0, 0.05) is 12.1 Å². The Hall–Kier alpha value is -2.44. The third kappa shape index (κ3) is 3.78. The Morgan fingerprint density at radius 2 is 1.14 bits per heavy atom. The quantitative estimate of drug-likeness (QED) is 0.767. The van der Waals surface area contributed by atoms with Crippen molar-refractivity contribution < 1.29 is 27.6 Å². The Kier molecular flexibility index (Phi) is 4.87. The molecular formula is C14H12BF2O4. The first kappa shape index (κ1) is 15.0. The van der Waals surface area contributed by atoms with E-state index >= 15 is 0 Å². The number of rotatable bonds is 6. The summed E-state index contributed by atoms with van der Waals surface area (Å²) in [6.07, 6.45) is 0. The molecule has 0 bridgehead atoms. The van der Waals surface area contributed by atoms with E-state index in [-0.39, 0.29) is 11.5 Å². The number of benzene rings is 2. The van der Waals surface area contributed by atoms with Crippen LogP contribution >= 0.6 is 0 Å². The highest BCUT2D eigenvalue weighted by Crippen LogP contribution is 2.29. The summed E-state index contributed by atoms with van der Waals surface area (Å²) in [7, 11) is 3.79. The largest absolute Gasteiger partial charge is 0.658 e. The van der Waals surface area contributed by atoms with Gasteiger partial charge in [0.05, 0.1) is 14.2 Å². The molecule has 7 heteroatoms. The van der Waals surface area contributed by atoms with Crippen molar-refractivity contribution >= 4 is 7.69 Å². The van der Waals surface area contributed by atoms with Gasteiger partial charge in [0.25, 0.3) is 0 Å². The molecule has 21 heavy (non-hydrogen) atoms. The number of methoxy groups -OCH3 is 2. The second kappa shape index (κ2) is 6.83. The van der Waals surface area contributed by atoms with Gasteiger partial charge in [-0.2, -0.15) is 0 Å². The van der Waals surface area contributed by atoms with Crippen molar-refractivity contribution in [1.29, 1.82) is 0 Å².